The SMILES string of the molecule is CCOc1ccccc1NC(=O)C(CC)Sc1nc(-c2ccccc2)cc(-c2ccc(OC)cc2)c1C#N. The third-order valence-electron chi connectivity index (χ3n) is 5.93. The van der Waals surface area contributed by atoms with Crippen LogP contribution in [0.2, 0.25) is 0 Å². The lowest BCUT2D eigenvalue weighted by Crippen LogP contribution is -2.25. The number of methoxy groups -OCH3 is 1. The predicted molar refractivity (Wildman–Crippen MR) is 153 cm³/mol. The number of nitriles is 1. The molecule has 4 rings (SSSR count). The number of pyridine rings is 1. The van der Waals surface area contributed by atoms with E-state index in [2.05, 4.69) is 11.4 Å². The number of carbonyl (C=O) groups excluding carboxylic acids is 1. The number of thioether (sulfide) groups is 1. The molecule has 0 spiro atoms. The second kappa shape index (κ2) is 12.8. The molecule has 6 nitrogen and oxygen atoms in total. The van der Waals surface area contributed by atoms with Crippen LogP contribution in [0.5, 0.6) is 11.5 Å². The van der Waals surface area contributed by atoms with Gasteiger partial charge in [0.1, 0.15) is 22.6 Å². The number of para-hydroxylation sites is 2. The van der Waals surface area contributed by atoms with Crippen LogP contribution in [0.15, 0.2) is 90.0 Å². The molecule has 38 heavy (non-hydrogen) atoms. The minimum atomic E-state index is -0.473. The van der Waals surface area contributed by atoms with Gasteiger partial charge in [0.15, 0.2) is 0 Å². The molecule has 0 saturated carbocycles. The van der Waals surface area contributed by atoms with Gasteiger partial charge < -0.3 is 14.8 Å². The molecular formula is C31H29N3O3S. The van der Waals surface area contributed by atoms with Gasteiger partial charge in [0.25, 0.3) is 0 Å². The second-order valence-corrected chi connectivity index (χ2v) is 9.57. The number of rotatable bonds is 10. The summed E-state index contributed by atoms with van der Waals surface area (Å²) in [5.41, 5.74) is 4.33. The number of hydrogen-bond acceptors (Lipinski definition) is 6. The molecule has 1 heterocycles. The highest BCUT2D eigenvalue weighted by Crippen LogP contribution is 2.37. The third kappa shape index (κ3) is 6.16. The van der Waals surface area contributed by atoms with Crippen molar-refractivity contribution < 1.29 is 14.3 Å². The molecule has 0 aliphatic carbocycles. The van der Waals surface area contributed by atoms with Crippen molar-refractivity contribution in [2.24, 2.45) is 0 Å². The topological polar surface area (TPSA) is 84.2 Å². The van der Waals surface area contributed by atoms with Crippen LogP contribution in [0, 0.1) is 11.3 Å². The Kier molecular flexibility index (Phi) is 9.02. The fourth-order valence-corrected chi connectivity index (χ4v) is 5.02. The lowest BCUT2D eigenvalue weighted by molar-refractivity contribution is -0.115. The molecule has 1 amide bonds. The van der Waals surface area contributed by atoms with E-state index >= 15 is 0 Å². The molecule has 0 saturated heterocycles. The smallest absolute Gasteiger partial charge is 0.238 e. The molecule has 3 aromatic carbocycles. The van der Waals surface area contributed by atoms with E-state index in [9.17, 15) is 10.1 Å². The number of hydrogen-bond donors (Lipinski definition) is 1. The molecule has 1 N–H and O–H groups in total. The highest BCUT2D eigenvalue weighted by atomic mass is 32.2. The van der Waals surface area contributed by atoms with Crippen molar-refractivity contribution >= 4 is 23.4 Å². The lowest BCUT2D eigenvalue weighted by atomic mass is 9.99. The van der Waals surface area contributed by atoms with Gasteiger partial charge in [-0.15, -0.1) is 0 Å². The Balaban J connectivity index is 1.74. The van der Waals surface area contributed by atoms with Gasteiger partial charge in [-0.1, -0.05) is 73.3 Å². The minimum Gasteiger partial charge on any atom is -0.497 e. The molecule has 0 aliphatic heterocycles. The third-order valence-corrected chi connectivity index (χ3v) is 7.28. The number of ether oxygens (including phenoxy) is 2. The Bertz CT molecular complexity index is 1430. The van der Waals surface area contributed by atoms with Crippen molar-refractivity contribution in [1.29, 1.82) is 5.26 Å². The molecule has 192 valence electrons. The molecule has 4 aromatic rings. The van der Waals surface area contributed by atoms with Crippen molar-refractivity contribution in [3.8, 4) is 40.0 Å². The number of amides is 1. The Morgan fingerprint density at radius 3 is 2.37 bits per heavy atom. The Hall–Kier alpha value is -4.28. The minimum absolute atomic E-state index is 0.175. The number of benzene rings is 3. The first-order valence-electron chi connectivity index (χ1n) is 12.4. The normalized spacial score (nSPS) is 11.3. The summed E-state index contributed by atoms with van der Waals surface area (Å²) in [4.78, 5) is 18.2. The number of carbonyl (C=O) groups is 1. The van der Waals surface area contributed by atoms with Crippen molar-refractivity contribution in [3.63, 3.8) is 0 Å². The first-order valence-corrected chi connectivity index (χ1v) is 13.3. The molecule has 1 atom stereocenters. The molecule has 0 bridgehead atoms. The van der Waals surface area contributed by atoms with E-state index < -0.39 is 5.25 Å². The van der Waals surface area contributed by atoms with Gasteiger partial charge in [-0.05, 0) is 49.2 Å². The molecule has 1 unspecified atom stereocenters. The summed E-state index contributed by atoms with van der Waals surface area (Å²) in [5.74, 6) is 1.17. The Morgan fingerprint density at radius 1 is 1.00 bits per heavy atom. The quantitative estimate of drug-likeness (QED) is 0.221. The predicted octanol–water partition coefficient (Wildman–Crippen LogP) is 7.20. The number of aromatic nitrogens is 1. The maximum Gasteiger partial charge on any atom is 0.238 e. The summed E-state index contributed by atoms with van der Waals surface area (Å²) in [6, 6.07) is 29.0. The first-order chi connectivity index (χ1) is 18.6. The summed E-state index contributed by atoms with van der Waals surface area (Å²) >= 11 is 1.30. The summed E-state index contributed by atoms with van der Waals surface area (Å²) in [5, 5.41) is 13.3. The zero-order valence-corrected chi connectivity index (χ0v) is 22.4. The van der Waals surface area contributed by atoms with Crippen molar-refractivity contribution in [2.45, 2.75) is 30.5 Å². The fraction of sp³-hybridized carbons (Fsp3) is 0.194. The van der Waals surface area contributed by atoms with Crippen LogP contribution in [0.3, 0.4) is 0 Å². The average molecular weight is 524 g/mol. The van der Waals surface area contributed by atoms with Gasteiger partial charge in [0.2, 0.25) is 5.91 Å². The van der Waals surface area contributed by atoms with Crippen LogP contribution in [-0.2, 0) is 4.79 Å². The maximum atomic E-state index is 13.4. The zero-order valence-electron chi connectivity index (χ0n) is 21.6. The van der Waals surface area contributed by atoms with E-state index in [1.165, 1.54) is 11.8 Å². The number of anilines is 1. The van der Waals surface area contributed by atoms with Gasteiger partial charge in [0.05, 0.1) is 35.9 Å². The standard InChI is InChI=1S/C31H29N3O3S/c1-4-29(30(35)33-26-13-9-10-14-28(26)37-5-2)38-31-25(20-32)24(21-15-17-23(36-3)18-16-21)19-27(34-31)22-11-7-6-8-12-22/h6-19,29H,4-5H2,1-3H3,(H,33,35). The second-order valence-electron chi connectivity index (χ2n) is 8.37. The lowest BCUT2D eigenvalue weighted by Gasteiger charge is -2.18. The van der Waals surface area contributed by atoms with E-state index in [1.807, 2.05) is 98.8 Å². The zero-order chi connectivity index (χ0) is 26.9. The Labute approximate surface area is 227 Å². The summed E-state index contributed by atoms with van der Waals surface area (Å²) in [6.45, 7) is 4.34. The molecule has 7 heteroatoms. The van der Waals surface area contributed by atoms with Crippen molar-refractivity contribution in [3.05, 3.63) is 90.5 Å². The van der Waals surface area contributed by atoms with Gasteiger partial charge in [0, 0.05) is 11.1 Å². The van der Waals surface area contributed by atoms with E-state index in [4.69, 9.17) is 14.5 Å². The monoisotopic (exact) mass is 523 g/mol. The molecule has 0 fully saturated rings. The maximum absolute atomic E-state index is 13.4. The van der Waals surface area contributed by atoms with Crippen molar-refractivity contribution in [2.75, 3.05) is 19.0 Å². The van der Waals surface area contributed by atoms with Crippen LogP contribution in [-0.4, -0.2) is 29.9 Å². The van der Waals surface area contributed by atoms with E-state index in [0.29, 0.717) is 35.1 Å². The molecular weight excluding hydrogens is 494 g/mol. The number of nitrogens with zero attached hydrogens (tertiary/aromatic N) is 2. The van der Waals surface area contributed by atoms with Gasteiger partial charge in [-0.3, -0.25) is 4.79 Å². The summed E-state index contributed by atoms with van der Waals surface area (Å²) in [7, 11) is 1.62. The molecule has 1 aromatic heterocycles. The Morgan fingerprint density at radius 2 is 1.71 bits per heavy atom. The molecule has 0 radical (unpaired) electrons. The van der Waals surface area contributed by atoms with Gasteiger partial charge in [-0.25, -0.2) is 4.98 Å². The summed E-state index contributed by atoms with van der Waals surface area (Å²) < 4.78 is 11.0. The molecule has 0 aliphatic rings. The summed E-state index contributed by atoms with van der Waals surface area (Å²) in [6.07, 6.45) is 0.549. The van der Waals surface area contributed by atoms with Crippen molar-refractivity contribution in [1.82, 2.24) is 4.98 Å². The van der Waals surface area contributed by atoms with Crippen LogP contribution in [0.25, 0.3) is 22.4 Å². The average Bonchev–Trinajstić information content (AvgIpc) is 2.97. The fourth-order valence-electron chi connectivity index (χ4n) is 3.99. The van der Waals surface area contributed by atoms with Crippen LogP contribution in [0.4, 0.5) is 5.69 Å². The highest BCUT2D eigenvalue weighted by molar-refractivity contribution is 8.00. The highest BCUT2D eigenvalue weighted by Gasteiger charge is 2.24. The van der Waals surface area contributed by atoms with Crippen LogP contribution >= 0.6 is 11.8 Å². The van der Waals surface area contributed by atoms with E-state index in [1.54, 1.807) is 7.11 Å². The van der Waals surface area contributed by atoms with E-state index in [0.717, 1.165) is 28.1 Å². The van der Waals surface area contributed by atoms with Crippen LogP contribution in [0.1, 0.15) is 25.8 Å². The van der Waals surface area contributed by atoms with Gasteiger partial charge >= 0.3 is 0 Å². The van der Waals surface area contributed by atoms with Gasteiger partial charge in [-0.2, -0.15) is 5.26 Å². The van der Waals surface area contributed by atoms with Crippen LogP contribution < -0.4 is 14.8 Å². The number of nitrogens with one attached hydrogen (secondary N) is 1. The first kappa shape index (κ1) is 26.8. The largest absolute Gasteiger partial charge is 0.497 e. The van der Waals surface area contributed by atoms with E-state index in [-0.39, 0.29) is 5.91 Å².